The third-order valence-electron chi connectivity index (χ3n) is 2.91. The van der Waals surface area contributed by atoms with E-state index in [9.17, 15) is 9.18 Å². The molecule has 6 heteroatoms. The van der Waals surface area contributed by atoms with E-state index in [2.05, 4.69) is 27.9 Å². The Hall–Kier alpha value is -2.11. The molecule has 122 valence electrons. The van der Waals surface area contributed by atoms with Gasteiger partial charge in [0.05, 0.1) is 0 Å². The normalized spacial score (nSPS) is 11.1. The van der Waals surface area contributed by atoms with E-state index in [1.807, 2.05) is 6.92 Å². The molecule has 0 aliphatic carbocycles. The number of carbonyl (C=O) groups excluding carboxylic acids is 1. The molecule has 1 amide bonds. The van der Waals surface area contributed by atoms with Crippen molar-refractivity contribution in [1.82, 2.24) is 10.6 Å². The molecular weight excluding hydrogens is 283 g/mol. The van der Waals surface area contributed by atoms with Crippen molar-refractivity contribution >= 4 is 17.6 Å². The molecule has 0 fully saturated rings. The van der Waals surface area contributed by atoms with Crippen LogP contribution in [0, 0.1) is 5.82 Å². The number of unbranched alkanes of at least 4 members (excludes halogenated alkanes) is 2. The van der Waals surface area contributed by atoms with Gasteiger partial charge in [0.2, 0.25) is 5.91 Å². The van der Waals surface area contributed by atoms with Gasteiger partial charge in [0, 0.05) is 18.8 Å². The second-order valence-electron chi connectivity index (χ2n) is 4.89. The van der Waals surface area contributed by atoms with E-state index >= 15 is 0 Å². The van der Waals surface area contributed by atoms with E-state index < -0.39 is 0 Å². The third-order valence-corrected chi connectivity index (χ3v) is 2.91. The molecule has 0 aliphatic rings. The van der Waals surface area contributed by atoms with E-state index in [1.54, 1.807) is 12.1 Å². The standard InChI is InChI=1S/C16H25FN4O/c1-3-5-6-10-19-16(18-4-2)20-12-15(22)21-14-9-7-8-13(17)11-14/h7-9,11H,3-6,10,12H2,1-2H3,(H,21,22)(H2,18,19,20). The summed E-state index contributed by atoms with van der Waals surface area (Å²) in [4.78, 5) is 16.0. The predicted octanol–water partition coefficient (Wildman–Crippen LogP) is 2.51. The Morgan fingerprint density at radius 3 is 2.73 bits per heavy atom. The summed E-state index contributed by atoms with van der Waals surface area (Å²) < 4.78 is 13.0. The zero-order chi connectivity index (χ0) is 16.2. The van der Waals surface area contributed by atoms with Gasteiger partial charge in [0.1, 0.15) is 12.4 Å². The number of aliphatic imine (C=N–C) groups is 1. The van der Waals surface area contributed by atoms with E-state index in [4.69, 9.17) is 0 Å². The maximum absolute atomic E-state index is 13.0. The molecular formula is C16H25FN4O. The Morgan fingerprint density at radius 2 is 2.05 bits per heavy atom. The number of nitrogens with one attached hydrogen (secondary N) is 3. The molecule has 0 saturated heterocycles. The number of nitrogens with zero attached hydrogens (tertiary/aromatic N) is 1. The molecule has 3 N–H and O–H groups in total. The number of guanidine groups is 1. The minimum atomic E-state index is -0.382. The number of hydrogen-bond donors (Lipinski definition) is 3. The van der Waals surface area contributed by atoms with Crippen LogP contribution >= 0.6 is 0 Å². The average molecular weight is 308 g/mol. The second kappa shape index (κ2) is 10.6. The first-order chi connectivity index (χ1) is 10.7. The number of amides is 1. The smallest absolute Gasteiger partial charge is 0.246 e. The Kier molecular flexibility index (Phi) is 8.64. The Balaban J connectivity index is 2.45. The lowest BCUT2D eigenvalue weighted by Gasteiger charge is -2.11. The Labute approximate surface area is 131 Å². The summed E-state index contributed by atoms with van der Waals surface area (Å²) in [7, 11) is 0. The van der Waals surface area contributed by atoms with Crippen molar-refractivity contribution in [2.24, 2.45) is 4.99 Å². The number of rotatable bonds is 8. The molecule has 0 heterocycles. The number of anilines is 1. The van der Waals surface area contributed by atoms with Crippen molar-refractivity contribution in [2.45, 2.75) is 33.1 Å². The first-order valence-corrected chi connectivity index (χ1v) is 7.73. The van der Waals surface area contributed by atoms with Crippen molar-refractivity contribution < 1.29 is 9.18 Å². The molecule has 0 spiro atoms. The number of benzene rings is 1. The van der Waals surface area contributed by atoms with Gasteiger partial charge in [-0.15, -0.1) is 0 Å². The molecule has 0 aliphatic heterocycles. The molecule has 22 heavy (non-hydrogen) atoms. The van der Waals surface area contributed by atoms with Gasteiger partial charge >= 0.3 is 0 Å². The zero-order valence-electron chi connectivity index (χ0n) is 13.3. The van der Waals surface area contributed by atoms with Gasteiger partial charge in [0.25, 0.3) is 0 Å². The molecule has 0 aromatic heterocycles. The largest absolute Gasteiger partial charge is 0.357 e. The highest BCUT2D eigenvalue weighted by atomic mass is 19.1. The van der Waals surface area contributed by atoms with Crippen LogP contribution in [0.4, 0.5) is 10.1 Å². The lowest BCUT2D eigenvalue weighted by Crippen LogP contribution is -2.38. The maximum Gasteiger partial charge on any atom is 0.246 e. The van der Waals surface area contributed by atoms with Crippen LogP contribution in [0.1, 0.15) is 33.1 Å². The molecule has 1 aromatic carbocycles. The van der Waals surface area contributed by atoms with Gasteiger partial charge in [0.15, 0.2) is 5.96 Å². The number of hydrogen-bond acceptors (Lipinski definition) is 2. The summed E-state index contributed by atoms with van der Waals surface area (Å²) in [6.45, 7) is 5.65. The van der Waals surface area contributed by atoms with Crippen LogP contribution < -0.4 is 16.0 Å². The quantitative estimate of drug-likeness (QED) is 0.393. The van der Waals surface area contributed by atoms with Gasteiger partial charge in [-0.1, -0.05) is 25.8 Å². The predicted molar refractivity (Wildman–Crippen MR) is 88.5 cm³/mol. The average Bonchev–Trinajstić information content (AvgIpc) is 2.49. The Bertz CT molecular complexity index is 491. The van der Waals surface area contributed by atoms with Gasteiger partial charge in [-0.05, 0) is 31.5 Å². The number of carbonyl (C=O) groups is 1. The monoisotopic (exact) mass is 308 g/mol. The highest BCUT2D eigenvalue weighted by Gasteiger charge is 2.03. The summed E-state index contributed by atoms with van der Waals surface area (Å²) in [5.41, 5.74) is 0.432. The molecule has 0 saturated carbocycles. The van der Waals surface area contributed by atoms with Crippen LogP contribution in [0.3, 0.4) is 0 Å². The van der Waals surface area contributed by atoms with Crippen molar-refractivity contribution in [1.29, 1.82) is 0 Å². The molecule has 5 nitrogen and oxygen atoms in total. The van der Waals surface area contributed by atoms with Crippen LogP contribution in [-0.2, 0) is 4.79 Å². The van der Waals surface area contributed by atoms with Gasteiger partial charge in [-0.3, -0.25) is 4.79 Å². The minimum Gasteiger partial charge on any atom is -0.357 e. The SMILES string of the molecule is CCCCCNC(=NCC(=O)Nc1cccc(F)c1)NCC. The van der Waals surface area contributed by atoms with E-state index in [-0.39, 0.29) is 18.3 Å². The van der Waals surface area contributed by atoms with Gasteiger partial charge in [-0.2, -0.15) is 0 Å². The molecule has 1 rings (SSSR count). The van der Waals surface area contributed by atoms with Crippen LogP contribution in [0.25, 0.3) is 0 Å². The number of halogens is 1. The molecule has 0 bridgehead atoms. The van der Waals surface area contributed by atoms with Crippen LogP contribution in [-0.4, -0.2) is 31.5 Å². The summed E-state index contributed by atoms with van der Waals surface area (Å²) in [5, 5.41) is 8.88. The first-order valence-electron chi connectivity index (χ1n) is 7.73. The Morgan fingerprint density at radius 1 is 1.23 bits per heavy atom. The molecule has 0 radical (unpaired) electrons. The van der Waals surface area contributed by atoms with Crippen molar-refractivity contribution in [3.63, 3.8) is 0 Å². The van der Waals surface area contributed by atoms with Crippen LogP contribution in [0.15, 0.2) is 29.3 Å². The van der Waals surface area contributed by atoms with Gasteiger partial charge < -0.3 is 16.0 Å². The second-order valence-corrected chi connectivity index (χ2v) is 4.89. The van der Waals surface area contributed by atoms with Crippen molar-refractivity contribution in [3.05, 3.63) is 30.1 Å². The lowest BCUT2D eigenvalue weighted by molar-refractivity contribution is -0.114. The lowest BCUT2D eigenvalue weighted by atomic mass is 10.2. The summed E-state index contributed by atoms with van der Waals surface area (Å²) in [6.07, 6.45) is 3.38. The fraction of sp³-hybridized carbons (Fsp3) is 0.500. The van der Waals surface area contributed by atoms with E-state index in [1.165, 1.54) is 12.1 Å². The zero-order valence-corrected chi connectivity index (χ0v) is 13.3. The van der Waals surface area contributed by atoms with Gasteiger partial charge in [-0.25, -0.2) is 9.38 Å². The maximum atomic E-state index is 13.0. The first kappa shape index (κ1) is 17.9. The summed E-state index contributed by atoms with van der Waals surface area (Å²) in [5.74, 6) is -0.0448. The molecule has 0 unspecified atom stereocenters. The molecule has 1 aromatic rings. The fourth-order valence-corrected chi connectivity index (χ4v) is 1.84. The van der Waals surface area contributed by atoms with Crippen molar-refractivity contribution in [3.8, 4) is 0 Å². The van der Waals surface area contributed by atoms with E-state index in [0.717, 1.165) is 32.4 Å². The minimum absolute atomic E-state index is 0.0143. The van der Waals surface area contributed by atoms with E-state index in [0.29, 0.717) is 11.6 Å². The highest BCUT2D eigenvalue weighted by Crippen LogP contribution is 2.08. The molecule has 0 atom stereocenters. The third kappa shape index (κ3) is 7.61. The van der Waals surface area contributed by atoms with Crippen LogP contribution in [0.2, 0.25) is 0 Å². The van der Waals surface area contributed by atoms with Crippen LogP contribution in [0.5, 0.6) is 0 Å². The summed E-state index contributed by atoms with van der Waals surface area (Å²) in [6, 6.07) is 5.79. The highest BCUT2D eigenvalue weighted by molar-refractivity contribution is 5.94. The topological polar surface area (TPSA) is 65.5 Å². The fourth-order valence-electron chi connectivity index (χ4n) is 1.84. The van der Waals surface area contributed by atoms with Crippen molar-refractivity contribution in [2.75, 3.05) is 25.0 Å². The summed E-state index contributed by atoms with van der Waals surface area (Å²) >= 11 is 0.